The molecule has 0 aromatic rings. The fourth-order valence-corrected chi connectivity index (χ4v) is 3.09. The summed E-state index contributed by atoms with van der Waals surface area (Å²) in [4.78, 5) is 11.7. The van der Waals surface area contributed by atoms with Gasteiger partial charge in [0.15, 0.2) is 9.84 Å². The summed E-state index contributed by atoms with van der Waals surface area (Å²) in [5.41, 5.74) is 0. The maximum absolute atomic E-state index is 11.7. The number of amides is 1. The van der Waals surface area contributed by atoms with Crippen molar-refractivity contribution >= 4 is 15.7 Å². The second kappa shape index (κ2) is 7.85. The molecular weight excluding hydrogens is 264 g/mol. The Morgan fingerprint density at radius 1 is 1.47 bits per heavy atom. The average Bonchev–Trinajstić information content (AvgIpc) is 2.39. The molecule has 1 heterocycles. The summed E-state index contributed by atoms with van der Waals surface area (Å²) in [6.07, 6.45) is 2.83. The van der Waals surface area contributed by atoms with E-state index in [0.29, 0.717) is 18.3 Å². The zero-order valence-corrected chi connectivity index (χ0v) is 12.8. The minimum atomic E-state index is -2.99. The van der Waals surface area contributed by atoms with Crippen LogP contribution in [0.15, 0.2) is 0 Å². The first-order valence-electron chi connectivity index (χ1n) is 7.12. The van der Waals surface area contributed by atoms with Crippen molar-refractivity contribution in [2.24, 2.45) is 11.8 Å². The summed E-state index contributed by atoms with van der Waals surface area (Å²) in [5.74, 6) is 1.03. The van der Waals surface area contributed by atoms with E-state index < -0.39 is 9.84 Å². The molecule has 2 N–H and O–H groups in total. The van der Waals surface area contributed by atoms with Crippen molar-refractivity contribution in [3.63, 3.8) is 0 Å². The molecule has 5 nitrogen and oxygen atoms in total. The zero-order valence-electron chi connectivity index (χ0n) is 11.9. The van der Waals surface area contributed by atoms with Crippen molar-refractivity contribution in [2.45, 2.75) is 33.1 Å². The number of carbonyl (C=O) groups excluding carboxylic acids is 1. The van der Waals surface area contributed by atoms with Crippen molar-refractivity contribution in [3.05, 3.63) is 0 Å². The van der Waals surface area contributed by atoms with E-state index in [1.165, 1.54) is 12.8 Å². The summed E-state index contributed by atoms with van der Waals surface area (Å²) in [6, 6.07) is 0. The van der Waals surface area contributed by atoms with Gasteiger partial charge in [-0.3, -0.25) is 4.79 Å². The van der Waals surface area contributed by atoms with Gasteiger partial charge in [0.25, 0.3) is 0 Å². The van der Waals surface area contributed by atoms with Crippen LogP contribution < -0.4 is 10.6 Å². The quantitative estimate of drug-likeness (QED) is 0.718. The second-order valence-corrected chi connectivity index (χ2v) is 7.85. The van der Waals surface area contributed by atoms with E-state index in [1.807, 2.05) is 0 Å². The van der Waals surface area contributed by atoms with Gasteiger partial charge in [0.1, 0.15) is 0 Å². The number of nitrogens with one attached hydrogen (secondary N) is 2. The Morgan fingerprint density at radius 3 is 2.79 bits per heavy atom. The molecular formula is C13H26N2O3S. The minimum Gasteiger partial charge on any atom is -0.355 e. The first-order valence-corrected chi connectivity index (χ1v) is 8.94. The monoisotopic (exact) mass is 290 g/mol. The second-order valence-electron chi connectivity index (χ2n) is 5.37. The van der Waals surface area contributed by atoms with E-state index in [9.17, 15) is 13.2 Å². The van der Waals surface area contributed by atoms with Crippen LogP contribution in [0.1, 0.15) is 33.1 Å². The third-order valence-electron chi connectivity index (χ3n) is 3.82. The van der Waals surface area contributed by atoms with E-state index in [1.54, 1.807) is 6.92 Å². The Morgan fingerprint density at radius 2 is 2.21 bits per heavy atom. The Labute approximate surface area is 116 Å². The first kappa shape index (κ1) is 16.4. The van der Waals surface area contributed by atoms with Gasteiger partial charge in [-0.25, -0.2) is 8.42 Å². The van der Waals surface area contributed by atoms with Crippen molar-refractivity contribution in [3.8, 4) is 0 Å². The van der Waals surface area contributed by atoms with Crippen molar-refractivity contribution < 1.29 is 13.2 Å². The standard InChI is InChI=1S/C13H26N2O3S/c1-3-19(17,18)8-7-15-13(16)9-11(2)12-5-4-6-14-10-12/h11-12,14H,3-10H2,1-2H3,(H,15,16). The largest absolute Gasteiger partial charge is 0.355 e. The fraction of sp³-hybridized carbons (Fsp3) is 0.923. The lowest BCUT2D eigenvalue weighted by atomic mass is 9.85. The Bertz CT molecular complexity index is 375. The van der Waals surface area contributed by atoms with E-state index in [0.717, 1.165) is 13.1 Å². The average molecular weight is 290 g/mol. The van der Waals surface area contributed by atoms with Crippen LogP contribution in [0.4, 0.5) is 0 Å². The van der Waals surface area contributed by atoms with Gasteiger partial charge in [0.05, 0.1) is 5.75 Å². The number of rotatable bonds is 7. The normalized spacial score (nSPS) is 21.9. The lowest BCUT2D eigenvalue weighted by Gasteiger charge is -2.28. The Hall–Kier alpha value is -0.620. The molecule has 0 radical (unpaired) electrons. The summed E-state index contributed by atoms with van der Waals surface area (Å²) >= 11 is 0. The smallest absolute Gasteiger partial charge is 0.220 e. The summed E-state index contributed by atoms with van der Waals surface area (Å²) in [7, 11) is -2.99. The van der Waals surface area contributed by atoms with Gasteiger partial charge in [0.2, 0.25) is 5.91 Å². The first-order chi connectivity index (χ1) is 8.94. The summed E-state index contributed by atoms with van der Waals surface area (Å²) in [5, 5.41) is 6.05. The Kier molecular flexibility index (Phi) is 6.79. The van der Waals surface area contributed by atoms with Gasteiger partial charge in [-0.15, -0.1) is 0 Å². The minimum absolute atomic E-state index is 0.0363. The molecule has 19 heavy (non-hydrogen) atoms. The van der Waals surface area contributed by atoms with Crippen molar-refractivity contribution in [2.75, 3.05) is 31.1 Å². The highest BCUT2D eigenvalue weighted by Crippen LogP contribution is 2.22. The van der Waals surface area contributed by atoms with Crippen LogP contribution >= 0.6 is 0 Å². The zero-order chi connectivity index (χ0) is 14.3. The maximum Gasteiger partial charge on any atom is 0.220 e. The molecule has 2 unspecified atom stereocenters. The SMILES string of the molecule is CCS(=O)(=O)CCNC(=O)CC(C)C1CCCNC1. The number of carbonyl (C=O) groups is 1. The molecule has 1 aliphatic rings. The van der Waals surface area contributed by atoms with E-state index >= 15 is 0 Å². The van der Waals surface area contributed by atoms with Gasteiger partial charge in [-0.1, -0.05) is 13.8 Å². The third kappa shape index (κ3) is 6.38. The number of sulfone groups is 1. The molecule has 0 aromatic heterocycles. The highest BCUT2D eigenvalue weighted by molar-refractivity contribution is 7.91. The molecule has 0 aliphatic carbocycles. The summed E-state index contributed by atoms with van der Waals surface area (Å²) < 4.78 is 22.6. The van der Waals surface area contributed by atoms with Gasteiger partial charge in [-0.05, 0) is 37.8 Å². The molecule has 0 spiro atoms. The molecule has 1 saturated heterocycles. The number of piperidine rings is 1. The molecule has 6 heteroatoms. The predicted molar refractivity (Wildman–Crippen MR) is 76.7 cm³/mol. The molecule has 0 saturated carbocycles. The van der Waals surface area contributed by atoms with Crippen LogP contribution in [0.3, 0.4) is 0 Å². The molecule has 1 rings (SSSR count). The van der Waals surface area contributed by atoms with Crippen LogP contribution in [0.2, 0.25) is 0 Å². The fourth-order valence-electron chi connectivity index (χ4n) is 2.39. The molecule has 1 fully saturated rings. The lowest BCUT2D eigenvalue weighted by Crippen LogP contribution is -2.36. The van der Waals surface area contributed by atoms with E-state index in [2.05, 4.69) is 17.6 Å². The highest BCUT2D eigenvalue weighted by Gasteiger charge is 2.21. The topological polar surface area (TPSA) is 75.3 Å². The van der Waals surface area contributed by atoms with Crippen LogP contribution in [0, 0.1) is 11.8 Å². The summed E-state index contributed by atoms with van der Waals surface area (Å²) in [6.45, 7) is 6.00. The van der Waals surface area contributed by atoms with Crippen molar-refractivity contribution in [1.29, 1.82) is 0 Å². The Balaban J connectivity index is 2.23. The third-order valence-corrected chi connectivity index (χ3v) is 5.53. The van der Waals surface area contributed by atoms with Crippen LogP contribution in [0.5, 0.6) is 0 Å². The van der Waals surface area contributed by atoms with Crippen LogP contribution in [-0.2, 0) is 14.6 Å². The molecule has 2 atom stereocenters. The highest BCUT2D eigenvalue weighted by atomic mass is 32.2. The number of hydrogen-bond donors (Lipinski definition) is 2. The van der Waals surface area contributed by atoms with Crippen LogP contribution in [0.25, 0.3) is 0 Å². The van der Waals surface area contributed by atoms with E-state index in [4.69, 9.17) is 0 Å². The molecule has 1 aliphatic heterocycles. The molecule has 1 amide bonds. The van der Waals surface area contributed by atoms with Gasteiger partial charge in [-0.2, -0.15) is 0 Å². The predicted octanol–water partition coefficient (Wildman–Crippen LogP) is 0.563. The van der Waals surface area contributed by atoms with Gasteiger partial charge in [0, 0.05) is 18.7 Å². The maximum atomic E-state index is 11.7. The van der Waals surface area contributed by atoms with E-state index in [-0.39, 0.29) is 24.0 Å². The lowest BCUT2D eigenvalue weighted by molar-refractivity contribution is -0.122. The van der Waals surface area contributed by atoms with Crippen molar-refractivity contribution in [1.82, 2.24) is 10.6 Å². The van der Waals surface area contributed by atoms with Crippen LogP contribution in [-0.4, -0.2) is 45.5 Å². The molecule has 112 valence electrons. The molecule has 0 aromatic carbocycles. The van der Waals surface area contributed by atoms with Gasteiger partial charge < -0.3 is 10.6 Å². The number of hydrogen-bond acceptors (Lipinski definition) is 4. The molecule has 0 bridgehead atoms. The van der Waals surface area contributed by atoms with Gasteiger partial charge >= 0.3 is 0 Å².